The number of rotatable bonds is 9. The van der Waals surface area contributed by atoms with Crippen molar-refractivity contribution in [2.24, 2.45) is 0 Å². The first kappa shape index (κ1) is 14.9. The van der Waals surface area contributed by atoms with E-state index in [2.05, 4.69) is 26.9 Å². The van der Waals surface area contributed by atoms with Gasteiger partial charge < -0.3 is 15.4 Å². The molecule has 0 amide bonds. The van der Waals surface area contributed by atoms with E-state index in [-0.39, 0.29) is 0 Å². The van der Waals surface area contributed by atoms with Crippen LogP contribution in [0, 0.1) is 0 Å². The summed E-state index contributed by atoms with van der Waals surface area (Å²) in [5.41, 5.74) is 0. The molecule has 1 rings (SSSR count). The van der Waals surface area contributed by atoms with Crippen LogP contribution in [-0.2, 0) is 0 Å². The van der Waals surface area contributed by atoms with E-state index in [4.69, 9.17) is 4.74 Å². The minimum atomic E-state index is 0.684. The Bertz CT molecular complexity index is 349. The van der Waals surface area contributed by atoms with Crippen molar-refractivity contribution in [1.82, 2.24) is 9.97 Å². The number of nitrogens with zero attached hydrogens (tertiary/aromatic N) is 2. The number of thioether (sulfide) groups is 1. The molecular formula is C12H22N4OS. The second-order valence-electron chi connectivity index (χ2n) is 3.76. The highest BCUT2D eigenvalue weighted by atomic mass is 32.2. The molecule has 0 fully saturated rings. The Morgan fingerprint density at radius 3 is 2.56 bits per heavy atom. The van der Waals surface area contributed by atoms with E-state index in [1.807, 2.05) is 18.7 Å². The maximum Gasteiger partial charge on any atom is 0.204 e. The lowest BCUT2D eigenvalue weighted by molar-refractivity contribution is 0.414. The summed E-state index contributed by atoms with van der Waals surface area (Å²) in [5.74, 6) is 3.38. The summed E-state index contributed by atoms with van der Waals surface area (Å²) in [7, 11) is 1.64. The fourth-order valence-corrected chi connectivity index (χ4v) is 2.06. The molecule has 1 aromatic rings. The molecule has 0 aliphatic carbocycles. The minimum absolute atomic E-state index is 0.684. The Kier molecular flexibility index (Phi) is 7.32. The third-order valence-electron chi connectivity index (χ3n) is 2.42. The molecule has 0 aliphatic rings. The molecule has 1 aromatic heterocycles. The molecule has 5 nitrogen and oxygen atoms in total. The monoisotopic (exact) mass is 270 g/mol. The van der Waals surface area contributed by atoms with Crippen LogP contribution in [0.3, 0.4) is 0 Å². The summed E-state index contributed by atoms with van der Waals surface area (Å²) in [4.78, 5) is 8.38. The third kappa shape index (κ3) is 4.60. The zero-order valence-electron chi connectivity index (χ0n) is 11.3. The molecule has 0 spiro atoms. The van der Waals surface area contributed by atoms with Gasteiger partial charge in [0.2, 0.25) is 5.75 Å². The fourth-order valence-electron chi connectivity index (χ4n) is 1.56. The first-order valence-corrected chi connectivity index (χ1v) is 7.58. The lowest BCUT2D eigenvalue weighted by Gasteiger charge is -2.13. The number of unbranched alkanes of at least 4 members (excludes halogenated alkanes) is 1. The Morgan fingerprint density at radius 2 is 1.94 bits per heavy atom. The number of methoxy groups -OCH3 is 1. The Hall–Kier alpha value is -1.17. The average molecular weight is 270 g/mol. The van der Waals surface area contributed by atoms with Gasteiger partial charge in [0.25, 0.3) is 0 Å². The van der Waals surface area contributed by atoms with Gasteiger partial charge in [-0.3, -0.25) is 0 Å². The molecule has 2 N–H and O–H groups in total. The molecule has 1 heterocycles. The number of anilines is 2. The topological polar surface area (TPSA) is 59.1 Å². The maximum absolute atomic E-state index is 5.35. The van der Waals surface area contributed by atoms with E-state index < -0.39 is 0 Å². The smallest absolute Gasteiger partial charge is 0.204 e. The molecule has 0 saturated carbocycles. The van der Waals surface area contributed by atoms with Gasteiger partial charge in [-0.05, 0) is 31.8 Å². The SMILES string of the molecule is CCNc1ncnc(NCCCCSC)c1OC. The third-order valence-corrected chi connectivity index (χ3v) is 3.12. The quantitative estimate of drug-likeness (QED) is 0.672. The summed E-state index contributed by atoms with van der Waals surface area (Å²) in [6, 6.07) is 0. The summed E-state index contributed by atoms with van der Waals surface area (Å²) < 4.78 is 5.35. The van der Waals surface area contributed by atoms with Crippen LogP contribution in [0.25, 0.3) is 0 Å². The van der Waals surface area contributed by atoms with E-state index >= 15 is 0 Å². The maximum atomic E-state index is 5.35. The number of nitrogens with one attached hydrogen (secondary N) is 2. The molecule has 102 valence electrons. The van der Waals surface area contributed by atoms with E-state index in [9.17, 15) is 0 Å². The van der Waals surface area contributed by atoms with Crippen molar-refractivity contribution >= 4 is 23.4 Å². The molecule has 0 aliphatic heterocycles. The van der Waals surface area contributed by atoms with E-state index in [0.29, 0.717) is 5.75 Å². The van der Waals surface area contributed by atoms with E-state index in [0.717, 1.165) is 31.1 Å². The van der Waals surface area contributed by atoms with Gasteiger partial charge in [0.1, 0.15) is 6.33 Å². The van der Waals surface area contributed by atoms with Crippen LogP contribution >= 0.6 is 11.8 Å². The predicted octanol–water partition coefficient (Wildman–Crippen LogP) is 2.47. The molecule has 0 aromatic carbocycles. The Balaban J connectivity index is 2.55. The number of ether oxygens (including phenoxy) is 1. The van der Waals surface area contributed by atoms with Crippen molar-refractivity contribution in [1.29, 1.82) is 0 Å². The molecule has 0 radical (unpaired) electrons. The number of hydrogen-bond acceptors (Lipinski definition) is 6. The first-order chi connectivity index (χ1) is 8.83. The second kappa shape index (κ2) is 8.85. The predicted molar refractivity (Wildman–Crippen MR) is 78.9 cm³/mol. The molecular weight excluding hydrogens is 248 g/mol. The summed E-state index contributed by atoms with van der Waals surface area (Å²) >= 11 is 1.88. The van der Waals surface area contributed by atoms with Crippen LogP contribution in [-0.4, -0.2) is 42.2 Å². The summed E-state index contributed by atoms with van der Waals surface area (Å²) in [5, 5.41) is 6.46. The molecule has 0 saturated heterocycles. The lowest BCUT2D eigenvalue weighted by atomic mass is 10.3. The molecule has 18 heavy (non-hydrogen) atoms. The minimum Gasteiger partial charge on any atom is -0.490 e. The fraction of sp³-hybridized carbons (Fsp3) is 0.667. The number of aromatic nitrogens is 2. The number of hydrogen-bond donors (Lipinski definition) is 2. The van der Waals surface area contributed by atoms with Crippen LogP contribution in [0.1, 0.15) is 19.8 Å². The standard InChI is InChI=1S/C12H22N4OS/c1-4-13-11-10(17-2)12(16-9-15-11)14-7-5-6-8-18-3/h9H,4-8H2,1-3H3,(H2,13,14,15,16). The Morgan fingerprint density at radius 1 is 1.22 bits per heavy atom. The van der Waals surface area contributed by atoms with E-state index in [1.54, 1.807) is 13.4 Å². The van der Waals surface area contributed by atoms with Crippen LogP contribution in [0.2, 0.25) is 0 Å². The molecule has 6 heteroatoms. The zero-order chi connectivity index (χ0) is 13.2. The molecule has 0 bridgehead atoms. The first-order valence-electron chi connectivity index (χ1n) is 6.19. The van der Waals surface area contributed by atoms with Gasteiger partial charge in [-0.2, -0.15) is 11.8 Å². The highest BCUT2D eigenvalue weighted by molar-refractivity contribution is 7.98. The van der Waals surface area contributed by atoms with Crippen molar-refractivity contribution < 1.29 is 4.74 Å². The summed E-state index contributed by atoms with van der Waals surface area (Å²) in [6.07, 6.45) is 6.01. The summed E-state index contributed by atoms with van der Waals surface area (Å²) in [6.45, 7) is 3.73. The van der Waals surface area contributed by atoms with Crippen molar-refractivity contribution in [3.8, 4) is 5.75 Å². The van der Waals surface area contributed by atoms with Gasteiger partial charge in [-0.25, -0.2) is 9.97 Å². The Labute approximate surface area is 113 Å². The second-order valence-corrected chi connectivity index (χ2v) is 4.75. The van der Waals surface area contributed by atoms with Gasteiger partial charge in [-0.15, -0.1) is 0 Å². The highest BCUT2D eigenvalue weighted by Gasteiger charge is 2.10. The van der Waals surface area contributed by atoms with Crippen LogP contribution in [0.4, 0.5) is 11.6 Å². The average Bonchev–Trinajstić information content (AvgIpc) is 2.39. The van der Waals surface area contributed by atoms with Crippen molar-refractivity contribution in [3.63, 3.8) is 0 Å². The van der Waals surface area contributed by atoms with Gasteiger partial charge >= 0.3 is 0 Å². The van der Waals surface area contributed by atoms with Gasteiger partial charge in [0, 0.05) is 13.1 Å². The van der Waals surface area contributed by atoms with Crippen molar-refractivity contribution in [3.05, 3.63) is 6.33 Å². The lowest BCUT2D eigenvalue weighted by Crippen LogP contribution is -2.09. The zero-order valence-corrected chi connectivity index (χ0v) is 12.1. The normalized spacial score (nSPS) is 10.2. The van der Waals surface area contributed by atoms with Crippen molar-refractivity contribution in [2.75, 3.05) is 42.8 Å². The van der Waals surface area contributed by atoms with Crippen LogP contribution < -0.4 is 15.4 Å². The van der Waals surface area contributed by atoms with Crippen LogP contribution in [0.15, 0.2) is 6.33 Å². The van der Waals surface area contributed by atoms with Crippen LogP contribution in [0.5, 0.6) is 5.75 Å². The largest absolute Gasteiger partial charge is 0.490 e. The van der Waals surface area contributed by atoms with Crippen molar-refractivity contribution in [2.45, 2.75) is 19.8 Å². The molecule has 0 atom stereocenters. The van der Waals surface area contributed by atoms with Gasteiger partial charge in [0.05, 0.1) is 7.11 Å². The van der Waals surface area contributed by atoms with Gasteiger partial charge in [-0.1, -0.05) is 0 Å². The van der Waals surface area contributed by atoms with Gasteiger partial charge in [0.15, 0.2) is 11.6 Å². The highest BCUT2D eigenvalue weighted by Crippen LogP contribution is 2.28. The molecule has 0 unspecified atom stereocenters. The van der Waals surface area contributed by atoms with E-state index in [1.165, 1.54) is 12.2 Å².